The van der Waals surface area contributed by atoms with Crippen molar-refractivity contribution in [3.63, 3.8) is 0 Å². The van der Waals surface area contributed by atoms with E-state index in [1.54, 1.807) is 30.6 Å². The highest BCUT2D eigenvalue weighted by molar-refractivity contribution is 8.00. The molecule has 1 amide bonds. The lowest BCUT2D eigenvalue weighted by molar-refractivity contribution is -0.118. The standard InChI is InChI=1S/C12H12FN3OS/c13-9-3-1-2-4-10(9)18-8-12(17)16-7-11-14-5-6-15-11/h1-6H,7-8H2,(H,14,15)(H,16,17). The Labute approximate surface area is 108 Å². The van der Waals surface area contributed by atoms with Crippen LogP contribution >= 0.6 is 11.8 Å². The van der Waals surface area contributed by atoms with Gasteiger partial charge in [0.15, 0.2) is 0 Å². The molecule has 0 aliphatic carbocycles. The Balaban J connectivity index is 1.77. The smallest absolute Gasteiger partial charge is 0.230 e. The van der Waals surface area contributed by atoms with Gasteiger partial charge in [0.1, 0.15) is 11.6 Å². The van der Waals surface area contributed by atoms with E-state index in [9.17, 15) is 9.18 Å². The second kappa shape index (κ2) is 6.20. The first-order chi connectivity index (χ1) is 8.75. The van der Waals surface area contributed by atoms with Crippen molar-refractivity contribution in [1.29, 1.82) is 0 Å². The molecule has 94 valence electrons. The number of carbonyl (C=O) groups excluding carboxylic acids is 1. The number of H-pyrrole nitrogens is 1. The molecule has 0 bridgehead atoms. The second-order valence-corrected chi connectivity index (χ2v) is 4.55. The summed E-state index contributed by atoms with van der Waals surface area (Å²) in [6.45, 7) is 0.351. The van der Waals surface area contributed by atoms with Crippen molar-refractivity contribution in [2.75, 3.05) is 5.75 Å². The molecule has 2 N–H and O–H groups in total. The molecule has 2 rings (SSSR count). The van der Waals surface area contributed by atoms with Crippen molar-refractivity contribution in [2.24, 2.45) is 0 Å². The Hall–Kier alpha value is -1.82. The molecule has 0 saturated heterocycles. The number of amides is 1. The fraction of sp³-hybridized carbons (Fsp3) is 0.167. The van der Waals surface area contributed by atoms with Crippen LogP contribution in [0.4, 0.5) is 4.39 Å². The van der Waals surface area contributed by atoms with Crippen LogP contribution in [-0.4, -0.2) is 21.6 Å². The molecule has 0 aliphatic heterocycles. The summed E-state index contributed by atoms with van der Waals surface area (Å²) in [4.78, 5) is 18.9. The molecule has 0 saturated carbocycles. The van der Waals surface area contributed by atoms with Crippen molar-refractivity contribution in [3.05, 3.63) is 48.3 Å². The number of aromatic amines is 1. The average Bonchev–Trinajstić information content (AvgIpc) is 2.88. The maximum absolute atomic E-state index is 13.3. The number of aromatic nitrogens is 2. The minimum Gasteiger partial charge on any atom is -0.348 e. The Kier molecular flexibility index (Phi) is 4.35. The first-order valence-corrected chi connectivity index (χ1v) is 6.36. The molecular formula is C12H12FN3OS. The lowest BCUT2D eigenvalue weighted by Crippen LogP contribution is -2.25. The normalized spacial score (nSPS) is 10.3. The quantitative estimate of drug-likeness (QED) is 0.812. The third-order valence-electron chi connectivity index (χ3n) is 2.20. The zero-order valence-electron chi connectivity index (χ0n) is 9.52. The van der Waals surface area contributed by atoms with E-state index in [1.807, 2.05) is 0 Å². The van der Waals surface area contributed by atoms with E-state index >= 15 is 0 Å². The number of imidazole rings is 1. The Morgan fingerprint density at radius 3 is 3.00 bits per heavy atom. The molecule has 1 heterocycles. The van der Waals surface area contributed by atoms with Gasteiger partial charge in [-0.05, 0) is 12.1 Å². The zero-order valence-corrected chi connectivity index (χ0v) is 10.3. The van der Waals surface area contributed by atoms with E-state index in [0.717, 1.165) is 0 Å². The number of thioether (sulfide) groups is 1. The van der Waals surface area contributed by atoms with Gasteiger partial charge in [0.05, 0.1) is 12.3 Å². The maximum Gasteiger partial charge on any atom is 0.230 e. The number of nitrogens with zero attached hydrogens (tertiary/aromatic N) is 1. The Morgan fingerprint density at radius 1 is 1.44 bits per heavy atom. The van der Waals surface area contributed by atoms with Crippen LogP contribution in [0, 0.1) is 5.82 Å². The summed E-state index contributed by atoms with van der Waals surface area (Å²) in [6, 6.07) is 6.39. The first-order valence-electron chi connectivity index (χ1n) is 5.38. The van der Waals surface area contributed by atoms with Crippen LogP contribution < -0.4 is 5.32 Å². The summed E-state index contributed by atoms with van der Waals surface area (Å²) >= 11 is 1.17. The lowest BCUT2D eigenvalue weighted by Gasteiger charge is -2.04. The van der Waals surface area contributed by atoms with Gasteiger partial charge >= 0.3 is 0 Å². The molecule has 0 fully saturated rings. The summed E-state index contributed by atoms with van der Waals surface area (Å²) in [6.07, 6.45) is 3.31. The summed E-state index contributed by atoms with van der Waals surface area (Å²) in [5.74, 6) is 0.419. The van der Waals surface area contributed by atoms with Crippen molar-refractivity contribution >= 4 is 17.7 Å². The second-order valence-electron chi connectivity index (χ2n) is 3.53. The third-order valence-corrected chi connectivity index (χ3v) is 3.25. The zero-order chi connectivity index (χ0) is 12.8. The Morgan fingerprint density at radius 2 is 2.28 bits per heavy atom. The molecule has 0 radical (unpaired) electrons. The van der Waals surface area contributed by atoms with Gasteiger partial charge in [-0.3, -0.25) is 4.79 Å². The minimum atomic E-state index is -0.304. The number of hydrogen-bond acceptors (Lipinski definition) is 3. The number of benzene rings is 1. The van der Waals surface area contributed by atoms with Gasteiger partial charge in [-0.2, -0.15) is 0 Å². The first kappa shape index (κ1) is 12.6. The molecule has 2 aromatic rings. The summed E-state index contributed by atoms with van der Waals surface area (Å²) in [7, 11) is 0. The minimum absolute atomic E-state index is 0.153. The van der Waals surface area contributed by atoms with Gasteiger partial charge in [-0.25, -0.2) is 9.37 Å². The number of hydrogen-bond donors (Lipinski definition) is 2. The molecule has 0 spiro atoms. The molecule has 1 aromatic heterocycles. The van der Waals surface area contributed by atoms with E-state index in [-0.39, 0.29) is 17.5 Å². The van der Waals surface area contributed by atoms with Crippen LogP contribution in [0.3, 0.4) is 0 Å². The van der Waals surface area contributed by atoms with Gasteiger partial charge in [0.25, 0.3) is 0 Å². The topological polar surface area (TPSA) is 57.8 Å². The van der Waals surface area contributed by atoms with Crippen LogP contribution in [0.5, 0.6) is 0 Å². The summed E-state index contributed by atoms with van der Waals surface area (Å²) in [5, 5.41) is 2.70. The SMILES string of the molecule is O=C(CSc1ccccc1F)NCc1ncc[nH]1. The molecule has 0 unspecified atom stereocenters. The molecule has 0 atom stereocenters. The van der Waals surface area contributed by atoms with Crippen molar-refractivity contribution < 1.29 is 9.18 Å². The van der Waals surface area contributed by atoms with Crippen LogP contribution in [0.25, 0.3) is 0 Å². The van der Waals surface area contributed by atoms with Crippen molar-refractivity contribution in [3.8, 4) is 0 Å². The lowest BCUT2D eigenvalue weighted by atomic mass is 10.3. The fourth-order valence-electron chi connectivity index (χ4n) is 1.33. The molecule has 1 aromatic carbocycles. The van der Waals surface area contributed by atoms with Crippen molar-refractivity contribution in [2.45, 2.75) is 11.4 Å². The van der Waals surface area contributed by atoms with Crippen molar-refractivity contribution in [1.82, 2.24) is 15.3 Å². The fourth-order valence-corrected chi connectivity index (χ4v) is 2.10. The van der Waals surface area contributed by atoms with Gasteiger partial charge in [-0.1, -0.05) is 12.1 Å². The predicted octanol–water partition coefficient (Wildman–Crippen LogP) is 1.96. The number of halogens is 1. The molecular weight excluding hydrogens is 253 g/mol. The molecule has 18 heavy (non-hydrogen) atoms. The van der Waals surface area contributed by atoms with Gasteiger partial charge in [-0.15, -0.1) is 11.8 Å². The van der Waals surface area contributed by atoms with Crippen LogP contribution in [0.1, 0.15) is 5.82 Å². The third kappa shape index (κ3) is 3.59. The number of nitrogens with one attached hydrogen (secondary N) is 2. The van der Waals surface area contributed by atoms with Crippen LogP contribution in [0.2, 0.25) is 0 Å². The largest absolute Gasteiger partial charge is 0.348 e. The number of rotatable bonds is 5. The number of carbonyl (C=O) groups is 1. The van der Waals surface area contributed by atoms with E-state index in [4.69, 9.17) is 0 Å². The van der Waals surface area contributed by atoms with Crippen LogP contribution in [0.15, 0.2) is 41.6 Å². The van der Waals surface area contributed by atoms with Crippen LogP contribution in [-0.2, 0) is 11.3 Å². The Bertz CT molecular complexity index is 516. The van der Waals surface area contributed by atoms with E-state index in [2.05, 4.69) is 15.3 Å². The highest BCUT2D eigenvalue weighted by atomic mass is 32.2. The average molecular weight is 265 g/mol. The van der Waals surface area contributed by atoms with Gasteiger partial charge < -0.3 is 10.3 Å². The predicted molar refractivity (Wildman–Crippen MR) is 67.6 cm³/mol. The molecule has 6 heteroatoms. The van der Waals surface area contributed by atoms with Gasteiger partial charge in [0, 0.05) is 17.3 Å². The summed E-state index contributed by atoms with van der Waals surface area (Å²) < 4.78 is 13.3. The van der Waals surface area contributed by atoms with E-state index in [0.29, 0.717) is 17.3 Å². The summed E-state index contributed by atoms with van der Waals surface area (Å²) in [5.41, 5.74) is 0. The van der Waals surface area contributed by atoms with E-state index < -0.39 is 0 Å². The molecule has 0 aliphatic rings. The monoisotopic (exact) mass is 265 g/mol. The van der Waals surface area contributed by atoms with Gasteiger partial charge in [0.2, 0.25) is 5.91 Å². The van der Waals surface area contributed by atoms with E-state index in [1.165, 1.54) is 17.8 Å². The maximum atomic E-state index is 13.3. The highest BCUT2D eigenvalue weighted by Crippen LogP contribution is 2.20. The molecule has 4 nitrogen and oxygen atoms in total. The highest BCUT2D eigenvalue weighted by Gasteiger charge is 2.06.